The van der Waals surface area contributed by atoms with Crippen molar-refractivity contribution in [3.8, 4) is 0 Å². The van der Waals surface area contributed by atoms with E-state index in [1.165, 1.54) is 44.0 Å². The van der Waals surface area contributed by atoms with Crippen LogP contribution < -0.4 is 10.9 Å². The van der Waals surface area contributed by atoms with Crippen molar-refractivity contribution in [3.63, 3.8) is 0 Å². The van der Waals surface area contributed by atoms with Gasteiger partial charge in [0, 0.05) is 29.8 Å². The smallest absolute Gasteiger partial charge is 0.252 e. The Morgan fingerprint density at radius 3 is 2.83 bits per heavy atom. The molecule has 1 aromatic rings. The minimum atomic E-state index is -0.191. The Hall–Kier alpha value is -1.23. The minimum absolute atomic E-state index is 0.127. The summed E-state index contributed by atoms with van der Waals surface area (Å²) in [6.07, 6.45) is 6.78. The SMILES string of the molecule is O=C(NCCSC1CCCC1)c1ccc(=O)[nH]c1. The van der Waals surface area contributed by atoms with E-state index in [1.807, 2.05) is 11.8 Å². The fourth-order valence-corrected chi connectivity index (χ4v) is 3.32. The van der Waals surface area contributed by atoms with Gasteiger partial charge in [0.2, 0.25) is 5.56 Å². The molecule has 0 spiro atoms. The van der Waals surface area contributed by atoms with Gasteiger partial charge < -0.3 is 10.3 Å². The highest BCUT2D eigenvalue weighted by Crippen LogP contribution is 2.28. The number of aromatic amines is 1. The summed E-state index contributed by atoms with van der Waals surface area (Å²) in [5.41, 5.74) is 0.309. The zero-order valence-corrected chi connectivity index (χ0v) is 11.1. The highest BCUT2D eigenvalue weighted by molar-refractivity contribution is 7.99. The largest absolute Gasteiger partial charge is 0.351 e. The Morgan fingerprint density at radius 2 is 2.17 bits per heavy atom. The Labute approximate surface area is 111 Å². The van der Waals surface area contributed by atoms with Crippen molar-refractivity contribution >= 4 is 17.7 Å². The van der Waals surface area contributed by atoms with Crippen LogP contribution in [0, 0.1) is 0 Å². The van der Waals surface area contributed by atoms with Gasteiger partial charge in [0.25, 0.3) is 5.91 Å². The number of hydrogen-bond acceptors (Lipinski definition) is 3. The van der Waals surface area contributed by atoms with E-state index < -0.39 is 0 Å². The first-order valence-electron chi connectivity index (χ1n) is 6.34. The Morgan fingerprint density at radius 1 is 1.39 bits per heavy atom. The average Bonchev–Trinajstić information content (AvgIpc) is 2.88. The van der Waals surface area contributed by atoms with E-state index in [0.717, 1.165) is 11.0 Å². The van der Waals surface area contributed by atoms with Gasteiger partial charge in [-0.15, -0.1) is 0 Å². The molecule has 0 radical (unpaired) electrons. The molecule has 1 aliphatic rings. The second kappa shape index (κ2) is 6.64. The fraction of sp³-hybridized carbons (Fsp3) is 0.538. The normalized spacial score (nSPS) is 15.8. The molecular formula is C13H18N2O2S. The van der Waals surface area contributed by atoms with Crippen LogP contribution in [0.15, 0.2) is 23.1 Å². The van der Waals surface area contributed by atoms with Crippen LogP contribution in [-0.4, -0.2) is 28.4 Å². The standard InChI is InChI=1S/C13H18N2O2S/c16-12-6-5-10(9-15-12)13(17)14-7-8-18-11-3-1-2-4-11/h5-6,9,11H,1-4,7-8H2,(H,14,17)(H,15,16). The summed E-state index contributed by atoms with van der Waals surface area (Å²) < 4.78 is 0. The van der Waals surface area contributed by atoms with E-state index in [2.05, 4.69) is 10.3 Å². The number of thioether (sulfide) groups is 1. The number of carbonyl (C=O) groups is 1. The molecule has 0 unspecified atom stereocenters. The third-order valence-corrected chi connectivity index (χ3v) is 4.47. The van der Waals surface area contributed by atoms with Crippen molar-refractivity contribution in [2.24, 2.45) is 0 Å². The molecule has 5 heteroatoms. The summed E-state index contributed by atoms with van der Waals surface area (Å²) in [4.78, 5) is 25.1. The van der Waals surface area contributed by atoms with Crippen LogP contribution in [0.1, 0.15) is 36.0 Å². The van der Waals surface area contributed by atoms with Crippen LogP contribution in [0.4, 0.5) is 0 Å². The second-order valence-corrected chi connectivity index (χ2v) is 5.88. The van der Waals surface area contributed by atoms with Gasteiger partial charge in [0.05, 0.1) is 5.56 Å². The van der Waals surface area contributed by atoms with Crippen molar-refractivity contribution < 1.29 is 4.79 Å². The van der Waals surface area contributed by atoms with Crippen LogP contribution in [0.3, 0.4) is 0 Å². The maximum atomic E-state index is 11.7. The molecule has 1 heterocycles. The van der Waals surface area contributed by atoms with Crippen LogP contribution >= 0.6 is 11.8 Å². The van der Waals surface area contributed by atoms with Crippen LogP contribution in [0.2, 0.25) is 0 Å². The van der Waals surface area contributed by atoms with E-state index in [-0.39, 0.29) is 11.5 Å². The van der Waals surface area contributed by atoms with Gasteiger partial charge in [-0.1, -0.05) is 12.8 Å². The van der Waals surface area contributed by atoms with Gasteiger partial charge in [0.15, 0.2) is 0 Å². The number of carbonyl (C=O) groups excluding carboxylic acids is 1. The molecule has 2 N–H and O–H groups in total. The Bertz CT molecular complexity index is 432. The summed E-state index contributed by atoms with van der Waals surface area (Å²) in [6, 6.07) is 2.90. The lowest BCUT2D eigenvalue weighted by Crippen LogP contribution is -2.26. The van der Waals surface area contributed by atoms with E-state index in [1.54, 1.807) is 0 Å². The summed E-state index contributed by atoms with van der Waals surface area (Å²) in [5, 5.41) is 3.65. The molecule has 1 fully saturated rings. The molecule has 98 valence electrons. The summed E-state index contributed by atoms with van der Waals surface area (Å²) in [5.74, 6) is 0.831. The molecule has 1 aromatic heterocycles. The first kappa shape index (κ1) is 13.2. The molecule has 0 saturated heterocycles. The number of H-pyrrole nitrogens is 1. The van der Waals surface area contributed by atoms with Gasteiger partial charge in [-0.05, 0) is 18.9 Å². The van der Waals surface area contributed by atoms with Gasteiger partial charge in [-0.25, -0.2) is 0 Å². The van der Waals surface area contributed by atoms with Crippen molar-refractivity contribution in [1.29, 1.82) is 0 Å². The highest BCUT2D eigenvalue weighted by Gasteiger charge is 2.14. The van der Waals surface area contributed by atoms with E-state index in [9.17, 15) is 9.59 Å². The monoisotopic (exact) mass is 266 g/mol. The van der Waals surface area contributed by atoms with Crippen LogP contribution in [0.5, 0.6) is 0 Å². The Kier molecular flexibility index (Phi) is 4.87. The van der Waals surface area contributed by atoms with Crippen molar-refractivity contribution in [3.05, 3.63) is 34.2 Å². The third-order valence-electron chi connectivity index (χ3n) is 3.09. The molecular weight excluding hydrogens is 248 g/mol. The molecule has 18 heavy (non-hydrogen) atoms. The topological polar surface area (TPSA) is 62.0 Å². The van der Waals surface area contributed by atoms with E-state index >= 15 is 0 Å². The predicted molar refractivity (Wildman–Crippen MR) is 74.1 cm³/mol. The van der Waals surface area contributed by atoms with Gasteiger partial charge in [-0.3, -0.25) is 9.59 Å². The average molecular weight is 266 g/mol. The van der Waals surface area contributed by atoms with Crippen molar-refractivity contribution in [2.75, 3.05) is 12.3 Å². The number of nitrogens with one attached hydrogen (secondary N) is 2. The lowest BCUT2D eigenvalue weighted by atomic mass is 10.3. The lowest BCUT2D eigenvalue weighted by Gasteiger charge is -2.09. The lowest BCUT2D eigenvalue weighted by molar-refractivity contribution is 0.0956. The van der Waals surface area contributed by atoms with Crippen molar-refractivity contribution in [2.45, 2.75) is 30.9 Å². The van der Waals surface area contributed by atoms with Crippen molar-refractivity contribution in [1.82, 2.24) is 10.3 Å². The van der Waals surface area contributed by atoms with Crippen LogP contribution in [-0.2, 0) is 0 Å². The first-order chi connectivity index (χ1) is 8.75. The molecule has 0 aliphatic heterocycles. The minimum Gasteiger partial charge on any atom is -0.351 e. The highest BCUT2D eigenvalue weighted by atomic mass is 32.2. The second-order valence-electron chi connectivity index (χ2n) is 4.47. The quantitative estimate of drug-likeness (QED) is 0.799. The molecule has 2 rings (SSSR count). The van der Waals surface area contributed by atoms with Gasteiger partial charge >= 0.3 is 0 Å². The summed E-state index contributed by atoms with van der Waals surface area (Å²) in [6.45, 7) is 0.680. The predicted octanol–water partition coefficient (Wildman–Crippen LogP) is 1.78. The van der Waals surface area contributed by atoms with E-state index in [4.69, 9.17) is 0 Å². The van der Waals surface area contributed by atoms with Gasteiger partial charge in [-0.2, -0.15) is 11.8 Å². The Balaban J connectivity index is 1.68. The fourth-order valence-electron chi connectivity index (χ4n) is 2.10. The van der Waals surface area contributed by atoms with E-state index in [0.29, 0.717) is 12.1 Å². The maximum absolute atomic E-state index is 11.7. The zero-order chi connectivity index (χ0) is 12.8. The number of pyridine rings is 1. The first-order valence-corrected chi connectivity index (χ1v) is 7.39. The molecule has 1 amide bonds. The molecule has 4 nitrogen and oxygen atoms in total. The number of amides is 1. The number of rotatable bonds is 5. The molecule has 1 aliphatic carbocycles. The maximum Gasteiger partial charge on any atom is 0.252 e. The number of aromatic nitrogens is 1. The summed E-state index contributed by atoms with van der Waals surface area (Å²) in [7, 11) is 0. The zero-order valence-electron chi connectivity index (χ0n) is 10.3. The molecule has 0 aromatic carbocycles. The summed E-state index contributed by atoms with van der Waals surface area (Å²) >= 11 is 1.95. The van der Waals surface area contributed by atoms with Crippen LogP contribution in [0.25, 0.3) is 0 Å². The number of hydrogen-bond donors (Lipinski definition) is 2. The molecule has 0 bridgehead atoms. The molecule has 1 saturated carbocycles. The van der Waals surface area contributed by atoms with Gasteiger partial charge in [0.1, 0.15) is 0 Å². The third kappa shape index (κ3) is 3.91. The molecule has 0 atom stereocenters.